The van der Waals surface area contributed by atoms with Crippen LogP contribution in [0.1, 0.15) is 12.5 Å². The van der Waals surface area contributed by atoms with Crippen LogP contribution >= 0.6 is 0 Å². The van der Waals surface area contributed by atoms with Crippen LogP contribution < -0.4 is 5.73 Å². The normalized spacial score (nSPS) is 16.6. The van der Waals surface area contributed by atoms with Gasteiger partial charge in [0.15, 0.2) is 11.6 Å². The SMILES string of the molecule is CC(O)(c1cccc(F)c1F)C(N)C(=O)O. The predicted octanol–water partition coefficient (Wildman–Crippen LogP) is 0.584. The number of hydrogen-bond acceptors (Lipinski definition) is 3. The molecule has 0 aromatic heterocycles. The van der Waals surface area contributed by atoms with Crippen LogP contribution in [0.3, 0.4) is 0 Å². The topological polar surface area (TPSA) is 83.5 Å². The van der Waals surface area contributed by atoms with Gasteiger partial charge in [-0.2, -0.15) is 0 Å². The molecule has 1 aromatic rings. The Labute approximate surface area is 90.3 Å². The van der Waals surface area contributed by atoms with E-state index in [1.54, 1.807) is 0 Å². The van der Waals surface area contributed by atoms with Crippen LogP contribution in [-0.4, -0.2) is 22.2 Å². The lowest BCUT2D eigenvalue weighted by Gasteiger charge is -2.27. The summed E-state index contributed by atoms with van der Waals surface area (Å²) in [5.41, 5.74) is 2.54. The first-order chi connectivity index (χ1) is 7.28. The zero-order valence-corrected chi connectivity index (χ0v) is 8.45. The van der Waals surface area contributed by atoms with Crippen molar-refractivity contribution in [3.63, 3.8) is 0 Å². The second kappa shape index (κ2) is 4.15. The Kier molecular flexibility index (Phi) is 3.25. The maximum absolute atomic E-state index is 13.3. The van der Waals surface area contributed by atoms with E-state index in [4.69, 9.17) is 10.8 Å². The fraction of sp³-hybridized carbons (Fsp3) is 0.300. The minimum absolute atomic E-state index is 0.484. The van der Waals surface area contributed by atoms with Gasteiger partial charge in [-0.25, -0.2) is 8.78 Å². The standard InChI is InChI=1S/C10H11F2NO3/c1-10(16,8(13)9(14)15)5-3-2-4-6(11)7(5)12/h2-4,8,16H,13H2,1H3,(H,14,15). The van der Waals surface area contributed by atoms with Gasteiger partial charge in [0.25, 0.3) is 0 Å². The minimum Gasteiger partial charge on any atom is -0.480 e. The molecule has 0 aliphatic rings. The van der Waals surface area contributed by atoms with Crippen molar-refractivity contribution in [2.75, 3.05) is 0 Å². The maximum atomic E-state index is 13.3. The number of carbonyl (C=O) groups is 1. The van der Waals surface area contributed by atoms with Crippen LogP contribution in [-0.2, 0) is 10.4 Å². The third-order valence-corrected chi connectivity index (χ3v) is 2.37. The van der Waals surface area contributed by atoms with Gasteiger partial charge in [-0.15, -0.1) is 0 Å². The highest BCUT2D eigenvalue weighted by atomic mass is 19.2. The van der Waals surface area contributed by atoms with Crippen molar-refractivity contribution >= 4 is 5.97 Å². The summed E-state index contributed by atoms with van der Waals surface area (Å²) >= 11 is 0. The van der Waals surface area contributed by atoms with Crippen LogP contribution in [0.15, 0.2) is 18.2 Å². The molecule has 0 bridgehead atoms. The Balaban J connectivity index is 3.26. The van der Waals surface area contributed by atoms with E-state index in [0.717, 1.165) is 25.1 Å². The number of nitrogens with two attached hydrogens (primary N) is 1. The number of aliphatic hydroxyl groups is 1. The summed E-state index contributed by atoms with van der Waals surface area (Å²) in [5, 5.41) is 18.5. The molecule has 0 saturated heterocycles. The predicted molar refractivity (Wildman–Crippen MR) is 51.5 cm³/mol. The summed E-state index contributed by atoms with van der Waals surface area (Å²) in [7, 11) is 0. The highest BCUT2D eigenvalue weighted by molar-refractivity contribution is 5.75. The van der Waals surface area contributed by atoms with Crippen LogP contribution in [0.2, 0.25) is 0 Å². The quantitative estimate of drug-likeness (QED) is 0.710. The summed E-state index contributed by atoms with van der Waals surface area (Å²) in [6.07, 6.45) is 0. The first-order valence-electron chi connectivity index (χ1n) is 4.43. The second-order valence-corrected chi connectivity index (χ2v) is 3.56. The molecular weight excluding hydrogens is 220 g/mol. The highest BCUT2D eigenvalue weighted by Crippen LogP contribution is 2.27. The Bertz CT molecular complexity index is 421. The zero-order valence-electron chi connectivity index (χ0n) is 8.45. The Morgan fingerprint density at radius 3 is 2.56 bits per heavy atom. The van der Waals surface area contributed by atoms with E-state index in [1.807, 2.05) is 0 Å². The average molecular weight is 231 g/mol. The van der Waals surface area contributed by atoms with Gasteiger partial charge in [-0.05, 0) is 13.0 Å². The van der Waals surface area contributed by atoms with Gasteiger partial charge in [0, 0.05) is 5.56 Å². The zero-order chi connectivity index (χ0) is 12.5. The Morgan fingerprint density at radius 1 is 1.50 bits per heavy atom. The summed E-state index contributed by atoms with van der Waals surface area (Å²) in [6, 6.07) is 1.36. The number of halogens is 2. The van der Waals surface area contributed by atoms with E-state index in [1.165, 1.54) is 0 Å². The minimum atomic E-state index is -2.18. The van der Waals surface area contributed by atoms with Crippen molar-refractivity contribution in [2.24, 2.45) is 5.73 Å². The van der Waals surface area contributed by atoms with Gasteiger partial charge in [-0.3, -0.25) is 4.79 Å². The molecule has 16 heavy (non-hydrogen) atoms. The van der Waals surface area contributed by atoms with Crippen LogP contribution in [0.25, 0.3) is 0 Å². The third-order valence-electron chi connectivity index (χ3n) is 2.37. The molecule has 0 fully saturated rings. The van der Waals surface area contributed by atoms with E-state index < -0.39 is 34.8 Å². The molecule has 4 nitrogen and oxygen atoms in total. The van der Waals surface area contributed by atoms with Crippen molar-refractivity contribution in [2.45, 2.75) is 18.6 Å². The van der Waals surface area contributed by atoms with E-state index in [0.29, 0.717) is 0 Å². The van der Waals surface area contributed by atoms with Crippen molar-refractivity contribution < 1.29 is 23.8 Å². The number of aliphatic carboxylic acids is 1. The fourth-order valence-corrected chi connectivity index (χ4v) is 1.30. The monoisotopic (exact) mass is 231 g/mol. The largest absolute Gasteiger partial charge is 0.480 e. The molecule has 0 saturated carbocycles. The first kappa shape index (κ1) is 12.5. The number of rotatable bonds is 3. The van der Waals surface area contributed by atoms with Gasteiger partial charge >= 0.3 is 5.97 Å². The highest BCUT2D eigenvalue weighted by Gasteiger charge is 2.38. The van der Waals surface area contributed by atoms with Crippen LogP contribution in [0.5, 0.6) is 0 Å². The molecule has 0 aliphatic heterocycles. The van der Waals surface area contributed by atoms with Gasteiger partial charge in [-0.1, -0.05) is 12.1 Å². The van der Waals surface area contributed by atoms with E-state index in [-0.39, 0.29) is 0 Å². The van der Waals surface area contributed by atoms with Gasteiger partial charge in [0.1, 0.15) is 11.6 Å². The first-order valence-corrected chi connectivity index (χ1v) is 4.43. The summed E-state index contributed by atoms with van der Waals surface area (Å²) in [5.74, 6) is -3.98. The van der Waals surface area contributed by atoms with E-state index in [2.05, 4.69) is 0 Å². The third kappa shape index (κ3) is 2.02. The molecule has 0 radical (unpaired) electrons. The molecule has 0 amide bonds. The molecule has 1 rings (SSSR count). The molecule has 1 aromatic carbocycles. The molecule has 0 heterocycles. The van der Waals surface area contributed by atoms with Gasteiger partial charge in [0.2, 0.25) is 0 Å². The molecule has 0 spiro atoms. The number of hydrogen-bond donors (Lipinski definition) is 3. The molecule has 6 heteroatoms. The fourth-order valence-electron chi connectivity index (χ4n) is 1.30. The lowest BCUT2D eigenvalue weighted by atomic mass is 9.88. The van der Waals surface area contributed by atoms with Crippen LogP contribution in [0, 0.1) is 11.6 Å². The van der Waals surface area contributed by atoms with E-state index >= 15 is 0 Å². The van der Waals surface area contributed by atoms with E-state index in [9.17, 15) is 18.7 Å². The number of benzene rings is 1. The van der Waals surface area contributed by atoms with Crippen molar-refractivity contribution in [3.05, 3.63) is 35.4 Å². The molecule has 4 N–H and O–H groups in total. The molecule has 2 unspecified atom stereocenters. The van der Waals surface area contributed by atoms with Crippen molar-refractivity contribution in [3.8, 4) is 0 Å². The molecule has 0 aliphatic carbocycles. The molecule has 2 atom stereocenters. The lowest BCUT2D eigenvalue weighted by Crippen LogP contribution is -2.49. The smallest absolute Gasteiger partial charge is 0.323 e. The number of carboxylic acids is 1. The Morgan fingerprint density at radius 2 is 2.06 bits per heavy atom. The average Bonchev–Trinajstić information content (AvgIpc) is 2.20. The second-order valence-electron chi connectivity index (χ2n) is 3.56. The van der Waals surface area contributed by atoms with Gasteiger partial charge in [0.05, 0.1) is 0 Å². The Hall–Kier alpha value is -1.53. The lowest BCUT2D eigenvalue weighted by molar-refractivity contribution is -0.145. The molecule has 88 valence electrons. The summed E-state index contributed by atoms with van der Waals surface area (Å²) in [6.45, 7) is 1.02. The summed E-state index contributed by atoms with van der Waals surface area (Å²) in [4.78, 5) is 10.6. The van der Waals surface area contributed by atoms with Crippen molar-refractivity contribution in [1.29, 1.82) is 0 Å². The maximum Gasteiger partial charge on any atom is 0.323 e. The van der Waals surface area contributed by atoms with Gasteiger partial charge < -0.3 is 15.9 Å². The summed E-state index contributed by atoms with van der Waals surface area (Å²) < 4.78 is 26.2. The number of carboxylic acid groups (broad SMARTS) is 1. The van der Waals surface area contributed by atoms with Crippen LogP contribution in [0.4, 0.5) is 8.78 Å². The van der Waals surface area contributed by atoms with Crippen molar-refractivity contribution in [1.82, 2.24) is 0 Å². The molecular formula is C10H11F2NO3.